The summed E-state index contributed by atoms with van der Waals surface area (Å²) in [7, 11) is 4.30. The molecule has 21 heavy (non-hydrogen) atoms. The Morgan fingerprint density at radius 2 is 1.33 bits per heavy atom. The van der Waals surface area contributed by atoms with Crippen LogP contribution in [0.25, 0.3) is 0 Å². The van der Waals surface area contributed by atoms with Gasteiger partial charge in [-0.2, -0.15) is 0 Å². The molecule has 0 fully saturated rings. The third-order valence-electron chi connectivity index (χ3n) is 4.56. The molecule has 0 amide bonds. The lowest BCUT2D eigenvalue weighted by atomic mass is 9.79. The van der Waals surface area contributed by atoms with E-state index in [1.807, 2.05) is 0 Å². The second-order valence-electron chi connectivity index (χ2n) is 7.41. The summed E-state index contributed by atoms with van der Waals surface area (Å²) < 4.78 is 0. The highest BCUT2D eigenvalue weighted by atomic mass is 15.1. The van der Waals surface area contributed by atoms with Crippen LogP contribution in [0.3, 0.4) is 0 Å². The third-order valence-corrected chi connectivity index (χ3v) is 4.56. The van der Waals surface area contributed by atoms with Crippen LogP contribution in [0.5, 0.6) is 0 Å². The zero-order valence-corrected chi connectivity index (χ0v) is 15.6. The maximum Gasteiger partial charge on any atom is 0.0101 e. The van der Waals surface area contributed by atoms with Gasteiger partial charge in [-0.1, -0.05) is 72.1 Å². The minimum atomic E-state index is 0.508. The number of likely N-dealkylation sites (N-methyl/N-ethyl adjacent to an activating group) is 1. The highest BCUT2D eigenvalue weighted by Crippen LogP contribution is 2.30. The molecule has 0 aromatic heterocycles. The van der Waals surface area contributed by atoms with E-state index in [9.17, 15) is 0 Å². The predicted octanol–water partition coefficient (Wildman–Crippen LogP) is 5.08. The molecule has 0 radical (unpaired) electrons. The van der Waals surface area contributed by atoms with Gasteiger partial charge in [0.25, 0.3) is 0 Å². The molecule has 0 bridgehead atoms. The van der Waals surface area contributed by atoms with E-state index in [1.165, 1.54) is 70.8 Å². The largest absolute Gasteiger partial charge is 0.315 e. The molecule has 0 unspecified atom stereocenters. The van der Waals surface area contributed by atoms with Crippen molar-refractivity contribution in [2.24, 2.45) is 5.41 Å². The smallest absolute Gasteiger partial charge is 0.0101 e. The van der Waals surface area contributed by atoms with Crippen LogP contribution >= 0.6 is 0 Å². The van der Waals surface area contributed by atoms with Gasteiger partial charge >= 0.3 is 0 Å². The first-order chi connectivity index (χ1) is 10.0. The van der Waals surface area contributed by atoms with Crippen molar-refractivity contribution in [2.45, 2.75) is 85.0 Å². The van der Waals surface area contributed by atoms with E-state index < -0.39 is 0 Å². The second-order valence-corrected chi connectivity index (χ2v) is 7.41. The van der Waals surface area contributed by atoms with Gasteiger partial charge in [0.1, 0.15) is 0 Å². The van der Waals surface area contributed by atoms with E-state index in [2.05, 4.69) is 45.1 Å². The molecule has 128 valence electrons. The van der Waals surface area contributed by atoms with Crippen LogP contribution in [-0.4, -0.2) is 38.6 Å². The molecule has 0 aliphatic rings. The average molecular weight is 299 g/mol. The molecule has 2 heteroatoms. The first kappa shape index (κ1) is 20.9. The first-order valence-corrected chi connectivity index (χ1v) is 9.39. The quantitative estimate of drug-likeness (QED) is 0.424. The molecule has 0 aliphatic heterocycles. The highest BCUT2D eigenvalue weighted by Gasteiger charge is 2.22. The Labute approximate surface area is 135 Å². The van der Waals surface area contributed by atoms with Crippen LogP contribution in [0, 0.1) is 5.41 Å². The van der Waals surface area contributed by atoms with Gasteiger partial charge in [0.05, 0.1) is 0 Å². The maximum absolute atomic E-state index is 3.70. The van der Waals surface area contributed by atoms with Crippen molar-refractivity contribution in [3.05, 3.63) is 0 Å². The van der Waals surface area contributed by atoms with E-state index in [4.69, 9.17) is 0 Å². The van der Waals surface area contributed by atoms with Crippen molar-refractivity contribution >= 4 is 0 Å². The van der Waals surface area contributed by atoms with Crippen molar-refractivity contribution in [1.29, 1.82) is 0 Å². The Morgan fingerprint density at radius 1 is 0.810 bits per heavy atom. The van der Waals surface area contributed by atoms with Gasteiger partial charge in [-0.3, -0.25) is 0 Å². The third kappa shape index (κ3) is 13.3. The summed E-state index contributed by atoms with van der Waals surface area (Å²) in [5.74, 6) is 0. The first-order valence-electron chi connectivity index (χ1n) is 9.39. The highest BCUT2D eigenvalue weighted by molar-refractivity contribution is 4.77. The fraction of sp³-hybridized carbons (Fsp3) is 1.00. The van der Waals surface area contributed by atoms with Gasteiger partial charge < -0.3 is 10.2 Å². The standard InChI is InChI=1S/C19H42N2/c1-6-8-10-12-14-19(3,15-13-11-9-7-2)18-20-16-17-21(4)5/h20H,6-18H2,1-5H3. The summed E-state index contributed by atoms with van der Waals surface area (Å²) in [5, 5.41) is 3.70. The molecule has 1 N–H and O–H groups in total. The van der Waals surface area contributed by atoms with Crippen molar-refractivity contribution in [2.75, 3.05) is 33.7 Å². The van der Waals surface area contributed by atoms with Crippen LogP contribution in [0.15, 0.2) is 0 Å². The molecule has 0 saturated heterocycles. The van der Waals surface area contributed by atoms with Crippen molar-refractivity contribution in [1.82, 2.24) is 10.2 Å². The van der Waals surface area contributed by atoms with E-state index in [0.717, 1.165) is 13.1 Å². The molecule has 0 aromatic carbocycles. The van der Waals surface area contributed by atoms with Crippen molar-refractivity contribution in [3.63, 3.8) is 0 Å². The zero-order valence-electron chi connectivity index (χ0n) is 15.6. The van der Waals surface area contributed by atoms with Gasteiger partial charge in [0, 0.05) is 19.6 Å². The lowest BCUT2D eigenvalue weighted by Crippen LogP contribution is -2.35. The lowest BCUT2D eigenvalue weighted by Gasteiger charge is -2.31. The molecule has 0 atom stereocenters. The van der Waals surface area contributed by atoms with Gasteiger partial charge in [0.15, 0.2) is 0 Å². The van der Waals surface area contributed by atoms with Crippen LogP contribution in [-0.2, 0) is 0 Å². The molecule has 2 nitrogen and oxygen atoms in total. The van der Waals surface area contributed by atoms with Gasteiger partial charge in [-0.05, 0) is 32.4 Å². The van der Waals surface area contributed by atoms with Crippen LogP contribution in [0.2, 0.25) is 0 Å². The summed E-state index contributed by atoms with van der Waals surface area (Å²) in [6, 6.07) is 0. The maximum atomic E-state index is 3.70. The van der Waals surface area contributed by atoms with E-state index >= 15 is 0 Å². The summed E-state index contributed by atoms with van der Waals surface area (Å²) in [5.41, 5.74) is 0.508. The predicted molar refractivity (Wildman–Crippen MR) is 97.0 cm³/mol. The monoisotopic (exact) mass is 298 g/mol. The Hall–Kier alpha value is -0.0800. The number of hydrogen-bond donors (Lipinski definition) is 1. The summed E-state index contributed by atoms with van der Waals surface area (Å²) in [6.07, 6.45) is 13.9. The van der Waals surface area contributed by atoms with E-state index in [1.54, 1.807) is 0 Å². The number of nitrogens with one attached hydrogen (secondary N) is 1. The molecule has 0 spiro atoms. The average Bonchev–Trinajstić information content (AvgIpc) is 2.45. The Kier molecular flexibility index (Phi) is 13.5. The van der Waals surface area contributed by atoms with Gasteiger partial charge in [-0.25, -0.2) is 0 Å². The topological polar surface area (TPSA) is 15.3 Å². The number of unbranched alkanes of at least 4 members (excludes halogenated alkanes) is 6. The fourth-order valence-electron chi connectivity index (χ4n) is 2.95. The lowest BCUT2D eigenvalue weighted by molar-refractivity contribution is 0.236. The van der Waals surface area contributed by atoms with Crippen molar-refractivity contribution < 1.29 is 0 Å². The van der Waals surface area contributed by atoms with E-state index in [-0.39, 0.29) is 0 Å². The van der Waals surface area contributed by atoms with Crippen LogP contribution in [0.1, 0.15) is 85.0 Å². The Balaban J connectivity index is 4.04. The summed E-state index contributed by atoms with van der Waals surface area (Å²) >= 11 is 0. The minimum Gasteiger partial charge on any atom is -0.315 e. The molecule has 0 aliphatic carbocycles. The number of hydrogen-bond acceptors (Lipinski definition) is 2. The minimum absolute atomic E-state index is 0.508. The Morgan fingerprint density at radius 3 is 1.76 bits per heavy atom. The second kappa shape index (κ2) is 13.6. The van der Waals surface area contributed by atoms with Gasteiger partial charge in [0.2, 0.25) is 0 Å². The Bertz CT molecular complexity index is 202. The zero-order chi connectivity index (χ0) is 16.0. The van der Waals surface area contributed by atoms with Gasteiger partial charge in [-0.15, -0.1) is 0 Å². The number of rotatable bonds is 15. The van der Waals surface area contributed by atoms with Crippen molar-refractivity contribution in [3.8, 4) is 0 Å². The van der Waals surface area contributed by atoms with E-state index in [0.29, 0.717) is 5.41 Å². The number of nitrogens with zero attached hydrogens (tertiary/aromatic N) is 1. The molecule has 0 aromatic rings. The summed E-state index contributed by atoms with van der Waals surface area (Å²) in [4.78, 5) is 2.26. The molecular weight excluding hydrogens is 256 g/mol. The normalized spacial score (nSPS) is 12.3. The molecule has 0 heterocycles. The fourth-order valence-corrected chi connectivity index (χ4v) is 2.95. The van der Waals surface area contributed by atoms with Crippen LogP contribution in [0.4, 0.5) is 0 Å². The SMILES string of the molecule is CCCCCCC(C)(CCCCCC)CNCCN(C)C. The molecular formula is C19H42N2. The van der Waals surface area contributed by atoms with Crippen LogP contribution < -0.4 is 5.32 Å². The summed E-state index contributed by atoms with van der Waals surface area (Å²) in [6.45, 7) is 10.6. The molecule has 0 saturated carbocycles. The molecule has 0 rings (SSSR count).